The molecule has 0 radical (unpaired) electrons. The Bertz CT molecular complexity index is 292. The molecule has 0 aliphatic heterocycles. The van der Waals surface area contributed by atoms with Crippen molar-refractivity contribution in [3.8, 4) is 0 Å². The number of nitrogens with zero attached hydrogens (tertiary/aromatic N) is 1. The first kappa shape index (κ1) is 9.77. The molecule has 0 bridgehead atoms. The van der Waals surface area contributed by atoms with Gasteiger partial charge < -0.3 is 4.74 Å². The molecule has 0 saturated heterocycles. The number of hydrogen-bond acceptors (Lipinski definition) is 3. The summed E-state index contributed by atoms with van der Waals surface area (Å²) >= 11 is 0. The van der Waals surface area contributed by atoms with Gasteiger partial charge in [0.05, 0.1) is 6.10 Å². The standard InChI is InChI=1S/C9H14N2O2/c1-4-7-5-8(11-10-7)9(12)13-6(2)3/h5-6H,4H2,1-3H3,(H,10,11). The van der Waals surface area contributed by atoms with Crippen molar-refractivity contribution in [2.24, 2.45) is 0 Å². The fraction of sp³-hybridized carbons (Fsp3) is 0.556. The molecule has 1 N–H and O–H groups in total. The number of nitrogens with one attached hydrogen (secondary N) is 1. The first-order valence-corrected chi connectivity index (χ1v) is 4.38. The second kappa shape index (κ2) is 4.07. The fourth-order valence-corrected chi connectivity index (χ4v) is 0.922. The molecule has 1 aromatic rings. The van der Waals surface area contributed by atoms with Crippen molar-refractivity contribution in [3.63, 3.8) is 0 Å². The zero-order valence-electron chi connectivity index (χ0n) is 8.13. The topological polar surface area (TPSA) is 55.0 Å². The van der Waals surface area contributed by atoms with Gasteiger partial charge in [-0.15, -0.1) is 0 Å². The van der Waals surface area contributed by atoms with Crippen molar-refractivity contribution in [2.45, 2.75) is 33.3 Å². The van der Waals surface area contributed by atoms with Crippen LogP contribution in [-0.2, 0) is 11.2 Å². The molecule has 1 heterocycles. The summed E-state index contributed by atoms with van der Waals surface area (Å²) in [5.74, 6) is -0.369. The Balaban J connectivity index is 2.66. The van der Waals surface area contributed by atoms with Crippen molar-refractivity contribution >= 4 is 5.97 Å². The molecule has 1 aromatic heterocycles. The second-order valence-corrected chi connectivity index (χ2v) is 3.09. The Morgan fingerprint density at radius 2 is 2.38 bits per heavy atom. The SMILES string of the molecule is CCc1cc(C(=O)OC(C)C)n[nH]1. The molecule has 0 atom stereocenters. The molecular weight excluding hydrogens is 168 g/mol. The molecule has 0 aliphatic carbocycles. The van der Waals surface area contributed by atoms with E-state index in [4.69, 9.17) is 4.74 Å². The zero-order valence-corrected chi connectivity index (χ0v) is 8.13. The van der Waals surface area contributed by atoms with Gasteiger partial charge in [0, 0.05) is 5.69 Å². The summed E-state index contributed by atoms with van der Waals surface area (Å²) in [6, 6.07) is 1.71. The molecule has 0 fully saturated rings. The van der Waals surface area contributed by atoms with Crippen LogP contribution in [0, 0.1) is 0 Å². The molecule has 0 amide bonds. The van der Waals surface area contributed by atoms with Gasteiger partial charge in [-0.3, -0.25) is 5.10 Å². The molecule has 1 rings (SSSR count). The van der Waals surface area contributed by atoms with E-state index in [1.54, 1.807) is 6.07 Å². The summed E-state index contributed by atoms with van der Waals surface area (Å²) in [6.45, 7) is 5.61. The first-order valence-electron chi connectivity index (χ1n) is 4.38. The number of ether oxygens (including phenoxy) is 1. The molecule has 72 valence electrons. The van der Waals surface area contributed by atoms with Crippen LogP contribution in [0.2, 0.25) is 0 Å². The van der Waals surface area contributed by atoms with Crippen LogP contribution in [-0.4, -0.2) is 22.3 Å². The summed E-state index contributed by atoms with van der Waals surface area (Å²) in [7, 11) is 0. The number of rotatable bonds is 3. The van der Waals surface area contributed by atoms with Crippen molar-refractivity contribution in [1.29, 1.82) is 0 Å². The third-order valence-corrected chi connectivity index (χ3v) is 1.56. The predicted molar refractivity (Wildman–Crippen MR) is 48.5 cm³/mol. The molecule has 0 aromatic carbocycles. The van der Waals surface area contributed by atoms with Crippen LogP contribution >= 0.6 is 0 Å². The van der Waals surface area contributed by atoms with Gasteiger partial charge in [-0.25, -0.2) is 4.79 Å². The maximum atomic E-state index is 11.3. The molecule has 4 nitrogen and oxygen atoms in total. The number of carbonyl (C=O) groups is 1. The fourth-order valence-electron chi connectivity index (χ4n) is 0.922. The van der Waals surface area contributed by atoms with Crippen LogP contribution < -0.4 is 0 Å². The molecule has 0 unspecified atom stereocenters. The second-order valence-electron chi connectivity index (χ2n) is 3.09. The van der Waals surface area contributed by atoms with E-state index in [9.17, 15) is 4.79 Å². The minimum Gasteiger partial charge on any atom is -0.458 e. The number of H-pyrrole nitrogens is 1. The van der Waals surface area contributed by atoms with Gasteiger partial charge in [0.15, 0.2) is 5.69 Å². The number of aromatic amines is 1. The Labute approximate surface area is 77.3 Å². The van der Waals surface area contributed by atoms with E-state index in [1.165, 1.54) is 0 Å². The Kier molecular flexibility index (Phi) is 3.06. The highest BCUT2D eigenvalue weighted by Gasteiger charge is 2.12. The van der Waals surface area contributed by atoms with Crippen LogP contribution in [0.5, 0.6) is 0 Å². The van der Waals surface area contributed by atoms with Crippen LogP contribution in [0.15, 0.2) is 6.07 Å². The summed E-state index contributed by atoms with van der Waals surface area (Å²) in [4.78, 5) is 11.3. The summed E-state index contributed by atoms with van der Waals surface area (Å²) < 4.78 is 4.97. The number of aryl methyl sites for hydroxylation is 1. The molecule has 0 spiro atoms. The van der Waals surface area contributed by atoms with E-state index in [-0.39, 0.29) is 12.1 Å². The van der Waals surface area contributed by atoms with Gasteiger partial charge >= 0.3 is 5.97 Å². The van der Waals surface area contributed by atoms with Gasteiger partial charge in [-0.1, -0.05) is 6.92 Å². The zero-order chi connectivity index (χ0) is 9.84. The normalized spacial score (nSPS) is 10.5. The third-order valence-electron chi connectivity index (χ3n) is 1.56. The van der Waals surface area contributed by atoms with Crippen LogP contribution in [0.25, 0.3) is 0 Å². The van der Waals surface area contributed by atoms with Gasteiger partial charge in [0.1, 0.15) is 0 Å². The van der Waals surface area contributed by atoms with E-state index >= 15 is 0 Å². The van der Waals surface area contributed by atoms with E-state index in [2.05, 4.69) is 10.2 Å². The van der Waals surface area contributed by atoms with Crippen molar-refractivity contribution < 1.29 is 9.53 Å². The highest BCUT2D eigenvalue weighted by atomic mass is 16.5. The highest BCUT2D eigenvalue weighted by Crippen LogP contribution is 2.03. The average Bonchev–Trinajstić information content (AvgIpc) is 2.50. The smallest absolute Gasteiger partial charge is 0.359 e. The maximum absolute atomic E-state index is 11.3. The Hall–Kier alpha value is -1.32. The van der Waals surface area contributed by atoms with Gasteiger partial charge in [0.2, 0.25) is 0 Å². The minimum atomic E-state index is -0.369. The van der Waals surface area contributed by atoms with E-state index < -0.39 is 0 Å². The number of carbonyl (C=O) groups excluding carboxylic acids is 1. The minimum absolute atomic E-state index is 0.103. The summed E-state index contributed by atoms with van der Waals surface area (Å²) in [5, 5.41) is 6.60. The van der Waals surface area contributed by atoms with Crippen LogP contribution in [0.1, 0.15) is 37.0 Å². The lowest BCUT2D eigenvalue weighted by Gasteiger charge is -2.04. The Morgan fingerprint density at radius 3 is 2.85 bits per heavy atom. The van der Waals surface area contributed by atoms with Gasteiger partial charge in [-0.2, -0.15) is 5.10 Å². The van der Waals surface area contributed by atoms with Crippen LogP contribution in [0.3, 0.4) is 0 Å². The molecule has 0 saturated carbocycles. The summed E-state index contributed by atoms with van der Waals surface area (Å²) in [6.07, 6.45) is 0.733. The monoisotopic (exact) mass is 182 g/mol. The maximum Gasteiger partial charge on any atom is 0.359 e. The number of hydrogen-bond donors (Lipinski definition) is 1. The van der Waals surface area contributed by atoms with E-state index in [0.717, 1.165) is 12.1 Å². The molecule has 0 aliphatic rings. The quantitative estimate of drug-likeness (QED) is 0.721. The van der Waals surface area contributed by atoms with Crippen LogP contribution in [0.4, 0.5) is 0 Å². The predicted octanol–water partition coefficient (Wildman–Crippen LogP) is 1.54. The molecule has 13 heavy (non-hydrogen) atoms. The van der Waals surface area contributed by atoms with E-state index in [1.807, 2.05) is 20.8 Å². The third kappa shape index (κ3) is 2.57. The lowest BCUT2D eigenvalue weighted by molar-refractivity contribution is 0.0371. The van der Waals surface area contributed by atoms with Gasteiger partial charge in [-0.05, 0) is 26.3 Å². The first-order chi connectivity index (χ1) is 6.13. The highest BCUT2D eigenvalue weighted by molar-refractivity contribution is 5.87. The summed E-state index contributed by atoms with van der Waals surface area (Å²) in [5.41, 5.74) is 1.29. The lowest BCUT2D eigenvalue weighted by Crippen LogP contribution is -2.11. The Morgan fingerprint density at radius 1 is 1.69 bits per heavy atom. The van der Waals surface area contributed by atoms with E-state index in [0.29, 0.717) is 5.69 Å². The molecular formula is C9H14N2O2. The van der Waals surface area contributed by atoms with Crippen molar-refractivity contribution in [1.82, 2.24) is 10.2 Å². The number of esters is 1. The lowest BCUT2D eigenvalue weighted by atomic mass is 10.3. The van der Waals surface area contributed by atoms with Gasteiger partial charge in [0.25, 0.3) is 0 Å². The number of aromatic nitrogens is 2. The molecule has 4 heteroatoms. The largest absolute Gasteiger partial charge is 0.458 e. The van der Waals surface area contributed by atoms with Crippen molar-refractivity contribution in [3.05, 3.63) is 17.5 Å². The average molecular weight is 182 g/mol. The van der Waals surface area contributed by atoms with Crippen molar-refractivity contribution in [2.75, 3.05) is 0 Å².